The summed E-state index contributed by atoms with van der Waals surface area (Å²) in [6.45, 7) is 2.67. The third kappa shape index (κ3) is 4.93. The molecule has 7 heteroatoms. The molecule has 1 atom stereocenters. The highest BCUT2D eigenvalue weighted by molar-refractivity contribution is 6.41. The zero-order valence-corrected chi connectivity index (χ0v) is 12.6. The number of nitrogens with one attached hydrogen (secondary N) is 2. The van der Waals surface area contributed by atoms with Gasteiger partial charge in [-0.15, -0.1) is 0 Å². The molecule has 0 radical (unpaired) electrons. The number of aliphatic hydroxyl groups excluding tert-OH is 1. The van der Waals surface area contributed by atoms with E-state index in [-0.39, 0.29) is 12.1 Å². The topological polar surface area (TPSA) is 66.3 Å². The van der Waals surface area contributed by atoms with E-state index >= 15 is 0 Å². The first-order valence-electron chi connectivity index (χ1n) is 6.15. The molecule has 1 heterocycles. The van der Waals surface area contributed by atoms with E-state index in [0.717, 1.165) is 5.69 Å². The maximum absolute atomic E-state index is 11.5. The van der Waals surface area contributed by atoms with Crippen molar-refractivity contribution in [1.29, 1.82) is 0 Å². The molecule has 0 fully saturated rings. The molecule has 0 spiro atoms. The summed E-state index contributed by atoms with van der Waals surface area (Å²) in [6.07, 6.45) is 0.862. The van der Waals surface area contributed by atoms with Crippen LogP contribution in [0.4, 0.5) is 4.79 Å². The van der Waals surface area contributed by atoms with E-state index in [2.05, 4.69) is 10.6 Å². The van der Waals surface area contributed by atoms with Crippen LogP contribution < -0.4 is 10.6 Å². The third-order valence-electron chi connectivity index (χ3n) is 2.88. The molecule has 1 unspecified atom stereocenters. The summed E-state index contributed by atoms with van der Waals surface area (Å²) in [5.74, 6) is 0. The van der Waals surface area contributed by atoms with Gasteiger partial charge in [0.05, 0.1) is 17.7 Å². The number of aliphatic hydroxyl groups is 1. The van der Waals surface area contributed by atoms with Crippen molar-refractivity contribution in [3.8, 4) is 0 Å². The second-order valence-electron chi connectivity index (χ2n) is 4.29. The highest BCUT2D eigenvalue weighted by atomic mass is 35.5. The minimum absolute atomic E-state index is 0.281. The molecule has 1 aromatic heterocycles. The Bertz CT molecular complexity index is 435. The van der Waals surface area contributed by atoms with Crippen molar-refractivity contribution in [1.82, 2.24) is 15.2 Å². The number of carbonyl (C=O) groups is 1. The SMILES string of the molecule is CCC(O)CCNC(=O)NCc1cc(Cl)c(Cl)n1C. The second kappa shape index (κ2) is 7.62. The summed E-state index contributed by atoms with van der Waals surface area (Å²) in [5.41, 5.74) is 0.818. The molecule has 1 rings (SSSR count). The van der Waals surface area contributed by atoms with Crippen molar-refractivity contribution in [2.24, 2.45) is 7.05 Å². The fourth-order valence-electron chi connectivity index (χ4n) is 1.55. The summed E-state index contributed by atoms with van der Waals surface area (Å²) in [7, 11) is 1.78. The summed E-state index contributed by atoms with van der Waals surface area (Å²) < 4.78 is 1.71. The molecule has 3 N–H and O–H groups in total. The average molecular weight is 308 g/mol. The molecule has 0 aliphatic carbocycles. The van der Waals surface area contributed by atoms with Gasteiger partial charge in [0.25, 0.3) is 0 Å². The minimum Gasteiger partial charge on any atom is -0.393 e. The van der Waals surface area contributed by atoms with E-state index in [1.807, 2.05) is 6.92 Å². The Morgan fingerprint density at radius 1 is 1.47 bits per heavy atom. The molecular weight excluding hydrogens is 289 g/mol. The van der Waals surface area contributed by atoms with Gasteiger partial charge in [-0.1, -0.05) is 30.1 Å². The maximum Gasteiger partial charge on any atom is 0.315 e. The summed E-state index contributed by atoms with van der Waals surface area (Å²) in [4.78, 5) is 11.5. The van der Waals surface area contributed by atoms with E-state index in [9.17, 15) is 9.90 Å². The third-order valence-corrected chi connectivity index (χ3v) is 3.72. The number of amides is 2. The lowest BCUT2D eigenvalue weighted by Gasteiger charge is -2.10. The fraction of sp³-hybridized carbons (Fsp3) is 0.583. The van der Waals surface area contributed by atoms with Crippen molar-refractivity contribution >= 4 is 29.2 Å². The molecule has 5 nitrogen and oxygen atoms in total. The predicted molar refractivity (Wildman–Crippen MR) is 76.6 cm³/mol. The molecular formula is C12H19Cl2N3O2. The predicted octanol–water partition coefficient (Wildman–Crippen LogP) is 2.29. The van der Waals surface area contributed by atoms with Crippen molar-refractivity contribution in [2.45, 2.75) is 32.4 Å². The first-order chi connectivity index (χ1) is 8.95. The molecule has 0 saturated carbocycles. The number of halogens is 2. The first-order valence-corrected chi connectivity index (χ1v) is 6.90. The quantitative estimate of drug-likeness (QED) is 0.755. The zero-order valence-electron chi connectivity index (χ0n) is 11.0. The molecule has 108 valence electrons. The fourth-order valence-corrected chi connectivity index (χ4v) is 1.96. The van der Waals surface area contributed by atoms with Crippen LogP contribution in [0, 0.1) is 0 Å². The Morgan fingerprint density at radius 3 is 2.68 bits per heavy atom. The van der Waals surface area contributed by atoms with Gasteiger partial charge in [-0.25, -0.2) is 4.79 Å². The molecule has 0 aromatic carbocycles. The number of rotatable bonds is 6. The standard InChI is InChI=1S/C12H19Cl2N3O2/c1-3-9(18)4-5-15-12(19)16-7-8-6-10(13)11(14)17(8)2/h6,9,18H,3-5,7H2,1-2H3,(H2,15,16,19). The van der Waals surface area contributed by atoms with Crippen LogP contribution in [0.15, 0.2) is 6.07 Å². The van der Waals surface area contributed by atoms with Gasteiger partial charge in [-0.3, -0.25) is 0 Å². The Balaban J connectivity index is 2.32. The zero-order chi connectivity index (χ0) is 14.4. The molecule has 0 aliphatic rings. The van der Waals surface area contributed by atoms with E-state index in [0.29, 0.717) is 36.1 Å². The highest BCUT2D eigenvalue weighted by Crippen LogP contribution is 2.24. The van der Waals surface area contributed by atoms with Crippen molar-refractivity contribution in [2.75, 3.05) is 6.54 Å². The van der Waals surface area contributed by atoms with Gasteiger partial charge in [0.1, 0.15) is 5.15 Å². The summed E-state index contributed by atoms with van der Waals surface area (Å²) in [6, 6.07) is 1.43. The van der Waals surface area contributed by atoms with Crippen molar-refractivity contribution in [3.05, 3.63) is 21.9 Å². The molecule has 19 heavy (non-hydrogen) atoms. The number of hydrogen-bond acceptors (Lipinski definition) is 2. The van der Waals surface area contributed by atoms with Gasteiger partial charge in [0, 0.05) is 19.3 Å². The van der Waals surface area contributed by atoms with Crippen LogP contribution in [0.2, 0.25) is 10.2 Å². The average Bonchev–Trinajstić information content (AvgIpc) is 2.63. The number of urea groups is 1. The van der Waals surface area contributed by atoms with Gasteiger partial charge >= 0.3 is 6.03 Å². The van der Waals surface area contributed by atoms with E-state index in [4.69, 9.17) is 23.2 Å². The molecule has 1 aromatic rings. The lowest BCUT2D eigenvalue weighted by atomic mass is 10.2. The lowest BCUT2D eigenvalue weighted by molar-refractivity contribution is 0.160. The van der Waals surface area contributed by atoms with Crippen LogP contribution in [0.1, 0.15) is 25.5 Å². The first kappa shape index (κ1) is 16.1. The second-order valence-corrected chi connectivity index (χ2v) is 5.06. The smallest absolute Gasteiger partial charge is 0.315 e. The monoisotopic (exact) mass is 307 g/mol. The maximum atomic E-state index is 11.5. The van der Waals surface area contributed by atoms with Crippen LogP contribution >= 0.6 is 23.2 Å². The van der Waals surface area contributed by atoms with Gasteiger partial charge in [0.2, 0.25) is 0 Å². The molecule has 0 aliphatic heterocycles. The molecule has 2 amide bonds. The van der Waals surface area contributed by atoms with Crippen LogP contribution in [-0.2, 0) is 13.6 Å². The number of carbonyl (C=O) groups excluding carboxylic acids is 1. The Kier molecular flexibility index (Phi) is 6.48. The van der Waals surface area contributed by atoms with Crippen molar-refractivity contribution < 1.29 is 9.90 Å². The largest absolute Gasteiger partial charge is 0.393 e. The van der Waals surface area contributed by atoms with Crippen LogP contribution in [-0.4, -0.2) is 28.4 Å². The highest BCUT2D eigenvalue weighted by Gasteiger charge is 2.10. The van der Waals surface area contributed by atoms with E-state index in [1.165, 1.54) is 0 Å². The van der Waals surface area contributed by atoms with E-state index < -0.39 is 0 Å². The normalized spacial score (nSPS) is 12.3. The molecule has 0 bridgehead atoms. The van der Waals surface area contributed by atoms with E-state index in [1.54, 1.807) is 17.7 Å². The van der Waals surface area contributed by atoms with Gasteiger partial charge in [-0.2, -0.15) is 0 Å². The van der Waals surface area contributed by atoms with Crippen LogP contribution in [0.25, 0.3) is 0 Å². The lowest BCUT2D eigenvalue weighted by Crippen LogP contribution is -2.36. The van der Waals surface area contributed by atoms with Crippen LogP contribution in [0.5, 0.6) is 0 Å². The summed E-state index contributed by atoms with van der Waals surface area (Å²) in [5, 5.41) is 15.6. The van der Waals surface area contributed by atoms with Crippen LogP contribution in [0.3, 0.4) is 0 Å². The van der Waals surface area contributed by atoms with Gasteiger partial charge in [-0.05, 0) is 18.9 Å². The Labute approximate surface area is 122 Å². The number of hydrogen-bond donors (Lipinski definition) is 3. The number of aromatic nitrogens is 1. The molecule has 0 saturated heterocycles. The number of nitrogens with zero attached hydrogens (tertiary/aromatic N) is 1. The Hall–Kier alpha value is -0.910. The minimum atomic E-state index is -0.370. The van der Waals surface area contributed by atoms with Crippen molar-refractivity contribution in [3.63, 3.8) is 0 Å². The van der Waals surface area contributed by atoms with Gasteiger partial charge < -0.3 is 20.3 Å². The Morgan fingerprint density at radius 2 is 2.16 bits per heavy atom. The summed E-state index contributed by atoms with van der Waals surface area (Å²) >= 11 is 11.8. The van der Waals surface area contributed by atoms with Gasteiger partial charge in [0.15, 0.2) is 0 Å².